The van der Waals surface area contributed by atoms with E-state index in [-0.39, 0.29) is 0 Å². The molecule has 2 aromatic heterocycles. The summed E-state index contributed by atoms with van der Waals surface area (Å²) >= 11 is 0. The summed E-state index contributed by atoms with van der Waals surface area (Å²) in [4.78, 5) is 15.0. The normalized spacial score (nSPS) is 14.4. The fraction of sp³-hybridized carbons (Fsp3) is 0.333. The summed E-state index contributed by atoms with van der Waals surface area (Å²) in [5.41, 5.74) is 3.52. The van der Waals surface area contributed by atoms with E-state index in [1.807, 2.05) is 0 Å². The van der Waals surface area contributed by atoms with E-state index in [9.17, 15) is 0 Å². The lowest BCUT2D eigenvalue weighted by molar-refractivity contribution is 0.589. The van der Waals surface area contributed by atoms with Crippen LogP contribution >= 0.6 is 0 Å². The van der Waals surface area contributed by atoms with Gasteiger partial charge in [0.1, 0.15) is 6.33 Å². The molecule has 1 aliphatic heterocycles. The van der Waals surface area contributed by atoms with Crippen LogP contribution in [-0.2, 0) is 6.42 Å². The molecule has 4 rings (SSSR count). The van der Waals surface area contributed by atoms with Crippen LogP contribution in [-0.4, -0.2) is 50.9 Å². The number of piperazine rings is 1. The van der Waals surface area contributed by atoms with Crippen molar-refractivity contribution in [3.8, 4) is 5.82 Å². The molecule has 0 aliphatic carbocycles. The number of nitrogens with one attached hydrogen (secondary N) is 2. The zero-order valence-electron chi connectivity index (χ0n) is 14.8. The van der Waals surface area contributed by atoms with Gasteiger partial charge in [-0.15, -0.1) is 5.10 Å². The van der Waals surface area contributed by atoms with Crippen molar-refractivity contribution in [3.63, 3.8) is 0 Å². The number of rotatable bonds is 5. The fourth-order valence-corrected chi connectivity index (χ4v) is 3.03. The molecule has 134 valence electrons. The SMILES string of the molecule is CCc1cc(Nc2ncn(-c3cnccn3)n2)cc(N2CCNCC2)c1. The van der Waals surface area contributed by atoms with E-state index < -0.39 is 0 Å². The van der Waals surface area contributed by atoms with Crippen molar-refractivity contribution < 1.29 is 0 Å². The van der Waals surface area contributed by atoms with Crippen LogP contribution in [0.25, 0.3) is 5.82 Å². The number of hydrogen-bond acceptors (Lipinski definition) is 7. The predicted molar refractivity (Wildman–Crippen MR) is 101 cm³/mol. The summed E-state index contributed by atoms with van der Waals surface area (Å²) in [6, 6.07) is 6.57. The smallest absolute Gasteiger partial charge is 0.247 e. The van der Waals surface area contributed by atoms with Gasteiger partial charge >= 0.3 is 0 Å². The van der Waals surface area contributed by atoms with Crippen molar-refractivity contribution in [1.82, 2.24) is 30.0 Å². The van der Waals surface area contributed by atoms with Crippen LogP contribution in [0.5, 0.6) is 0 Å². The van der Waals surface area contributed by atoms with E-state index in [2.05, 4.69) is 60.7 Å². The Bertz CT molecular complexity index is 855. The van der Waals surface area contributed by atoms with E-state index in [0.29, 0.717) is 11.8 Å². The molecule has 8 heteroatoms. The van der Waals surface area contributed by atoms with Crippen molar-refractivity contribution in [2.24, 2.45) is 0 Å². The zero-order valence-corrected chi connectivity index (χ0v) is 14.8. The number of anilines is 3. The Kier molecular flexibility index (Phi) is 4.74. The Labute approximate surface area is 152 Å². The zero-order chi connectivity index (χ0) is 17.8. The van der Waals surface area contributed by atoms with Crippen LogP contribution in [0.3, 0.4) is 0 Å². The van der Waals surface area contributed by atoms with E-state index in [0.717, 1.165) is 38.3 Å². The maximum absolute atomic E-state index is 4.44. The van der Waals surface area contributed by atoms with Crippen LogP contribution < -0.4 is 15.5 Å². The van der Waals surface area contributed by atoms with Crippen LogP contribution in [0.2, 0.25) is 0 Å². The largest absolute Gasteiger partial charge is 0.369 e. The molecule has 8 nitrogen and oxygen atoms in total. The lowest BCUT2D eigenvalue weighted by atomic mass is 10.1. The topological polar surface area (TPSA) is 83.8 Å². The maximum Gasteiger partial charge on any atom is 0.247 e. The highest BCUT2D eigenvalue weighted by atomic mass is 15.4. The molecular weight excluding hydrogens is 328 g/mol. The first kappa shape index (κ1) is 16.5. The molecule has 0 spiro atoms. The molecule has 26 heavy (non-hydrogen) atoms. The molecule has 0 radical (unpaired) electrons. The van der Waals surface area contributed by atoms with Gasteiger partial charge in [0, 0.05) is 49.9 Å². The van der Waals surface area contributed by atoms with Crippen molar-refractivity contribution in [2.75, 3.05) is 36.4 Å². The van der Waals surface area contributed by atoms with Crippen molar-refractivity contribution in [2.45, 2.75) is 13.3 Å². The van der Waals surface area contributed by atoms with Gasteiger partial charge in [-0.3, -0.25) is 4.98 Å². The minimum absolute atomic E-state index is 0.537. The summed E-state index contributed by atoms with van der Waals surface area (Å²) < 4.78 is 1.61. The van der Waals surface area contributed by atoms with Gasteiger partial charge in [0.2, 0.25) is 5.95 Å². The van der Waals surface area contributed by atoms with Crippen LogP contribution in [0.1, 0.15) is 12.5 Å². The maximum atomic E-state index is 4.44. The third-order valence-electron chi connectivity index (χ3n) is 4.40. The number of benzene rings is 1. The number of nitrogens with zero attached hydrogens (tertiary/aromatic N) is 6. The monoisotopic (exact) mass is 350 g/mol. The van der Waals surface area contributed by atoms with Gasteiger partial charge in [-0.25, -0.2) is 4.98 Å². The summed E-state index contributed by atoms with van der Waals surface area (Å²) in [5, 5.41) is 11.2. The van der Waals surface area contributed by atoms with Gasteiger partial charge in [-0.1, -0.05) is 6.92 Å². The molecule has 0 atom stereocenters. The first-order valence-corrected chi connectivity index (χ1v) is 8.86. The quantitative estimate of drug-likeness (QED) is 0.725. The molecule has 1 aliphatic rings. The van der Waals surface area contributed by atoms with Gasteiger partial charge < -0.3 is 15.5 Å². The molecule has 1 saturated heterocycles. The second kappa shape index (κ2) is 7.49. The van der Waals surface area contributed by atoms with Crippen molar-refractivity contribution in [3.05, 3.63) is 48.7 Å². The summed E-state index contributed by atoms with van der Waals surface area (Å²) in [6.45, 7) is 6.24. The van der Waals surface area contributed by atoms with Crippen LogP contribution in [0, 0.1) is 0 Å². The first-order chi connectivity index (χ1) is 12.8. The average molecular weight is 350 g/mol. The second-order valence-corrected chi connectivity index (χ2v) is 6.18. The minimum atomic E-state index is 0.537. The van der Waals surface area contributed by atoms with E-state index in [4.69, 9.17) is 0 Å². The third-order valence-corrected chi connectivity index (χ3v) is 4.40. The average Bonchev–Trinajstić information content (AvgIpc) is 3.17. The third kappa shape index (κ3) is 3.65. The molecule has 0 bridgehead atoms. The highest BCUT2D eigenvalue weighted by Gasteiger charge is 2.13. The Morgan fingerprint density at radius 2 is 2.00 bits per heavy atom. The van der Waals surface area contributed by atoms with Gasteiger partial charge in [0.15, 0.2) is 5.82 Å². The molecular formula is C18H22N8. The molecule has 1 aromatic carbocycles. The Hall–Kier alpha value is -3.00. The van der Waals surface area contributed by atoms with E-state index >= 15 is 0 Å². The second-order valence-electron chi connectivity index (χ2n) is 6.18. The Balaban J connectivity index is 1.57. The molecule has 3 aromatic rings. The van der Waals surface area contributed by atoms with Crippen LogP contribution in [0.15, 0.2) is 43.1 Å². The van der Waals surface area contributed by atoms with Crippen molar-refractivity contribution >= 4 is 17.3 Å². The van der Waals surface area contributed by atoms with Crippen molar-refractivity contribution in [1.29, 1.82) is 0 Å². The highest BCUT2D eigenvalue weighted by molar-refractivity contribution is 5.64. The van der Waals surface area contributed by atoms with Gasteiger partial charge in [-0.05, 0) is 30.2 Å². The number of hydrogen-bond donors (Lipinski definition) is 2. The molecule has 0 saturated carbocycles. The van der Waals surface area contributed by atoms with Gasteiger partial charge in [0.05, 0.1) is 6.20 Å². The molecule has 0 unspecified atom stereocenters. The summed E-state index contributed by atoms with van der Waals surface area (Å²) in [7, 11) is 0. The Morgan fingerprint density at radius 1 is 1.12 bits per heavy atom. The predicted octanol–water partition coefficient (Wildman–Crippen LogP) is 1.77. The minimum Gasteiger partial charge on any atom is -0.369 e. The highest BCUT2D eigenvalue weighted by Crippen LogP contribution is 2.25. The first-order valence-electron chi connectivity index (χ1n) is 8.86. The fourth-order valence-electron chi connectivity index (χ4n) is 3.03. The van der Waals surface area contributed by atoms with Crippen LogP contribution in [0.4, 0.5) is 17.3 Å². The van der Waals surface area contributed by atoms with E-state index in [1.54, 1.807) is 29.6 Å². The number of aromatic nitrogens is 5. The molecule has 0 amide bonds. The lowest BCUT2D eigenvalue weighted by Crippen LogP contribution is -2.43. The van der Waals surface area contributed by atoms with Gasteiger partial charge in [-0.2, -0.15) is 9.67 Å². The molecule has 2 N–H and O–H groups in total. The van der Waals surface area contributed by atoms with E-state index in [1.165, 1.54) is 11.3 Å². The number of aryl methyl sites for hydroxylation is 1. The lowest BCUT2D eigenvalue weighted by Gasteiger charge is -2.30. The van der Waals surface area contributed by atoms with Gasteiger partial charge in [0.25, 0.3) is 0 Å². The Morgan fingerprint density at radius 3 is 2.77 bits per heavy atom. The standard InChI is InChI=1S/C18H22N8/c1-2-14-9-15(11-16(10-14)25-7-5-19-6-8-25)23-18-22-13-26(24-18)17-12-20-3-4-21-17/h3-4,9-13,19H,2,5-8H2,1H3,(H,23,24). The summed E-state index contributed by atoms with van der Waals surface area (Å²) in [6.07, 6.45) is 7.53. The molecule has 1 fully saturated rings. The molecule has 3 heterocycles. The summed E-state index contributed by atoms with van der Waals surface area (Å²) in [5.74, 6) is 1.17.